The van der Waals surface area contributed by atoms with Crippen molar-refractivity contribution in [3.8, 4) is 5.75 Å². The first kappa shape index (κ1) is 15.3. The van der Waals surface area contributed by atoms with Crippen molar-refractivity contribution < 1.29 is 9.90 Å². The Morgan fingerprint density at radius 3 is 2.95 bits per heavy atom. The van der Waals surface area contributed by atoms with E-state index >= 15 is 0 Å². The first-order valence-electron chi connectivity index (χ1n) is 5.80. The van der Waals surface area contributed by atoms with Crippen molar-refractivity contribution in [3.63, 3.8) is 0 Å². The Balaban J connectivity index is 1.97. The van der Waals surface area contributed by atoms with Gasteiger partial charge in [-0.25, -0.2) is 0 Å². The third kappa shape index (κ3) is 4.20. The number of rotatable bonds is 4. The minimum Gasteiger partial charge on any atom is -0.506 e. The highest BCUT2D eigenvalue weighted by atomic mass is 35.5. The maximum Gasteiger partial charge on any atom is 0.273 e. The number of nitrogens with one attached hydrogen (secondary N) is 2. The summed E-state index contributed by atoms with van der Waals surface area (Å²) < 4.78 is 0. The van der Waals surface area contributed by atoms with Gasteiger partial charge in [-0.2, -0.15) is 0 Å². The minimum absolute atomic E-state index is 0.000363. The zero-order chi connectivity index (χ0) is 15.4. The molecule has 1 aromatic heterocycles. The van der Waals surface area contributed by atoms with Crippen molar-refractivity contribution >= 4 is 35.0 Å². The number of phenols is 1. The van der Waals surface area contributed by atoms with Gasteiger partial charge < -0.3 is 10.4 Å². The van der Waals surface area contributed by atoms with Crippen LogP contribution in [-0.2, 0) is 4.79 Å². The third-order valence-corrected chi connectivity index (χ3v) is 3.51. The molecule has 0 radical (unpaired) electrons. The molecule has 110 valence electrons. The van der Waals surface area contributed by atoms with Crippen LogP contribution in [0.1, 0.15) is 5.69 Å². The van der Waals surface area contributed by atoms with E-state index in [4.69, 9.17) is 11.6 Å². The van der Waals surface area contributed by atoms with Gasteiger partial charge in [0.15, 0.2) is 5.16 Å². The fraction of sp³-hybridized carbons (Fsp3) is 0.167. The summed E-state index contributed by atoms with van der Waals surface area (Å²) in [7, 11) is 0. The van der Waals surface area contributed by atoms with Crippen LogP contribution in [0.25, 0.3) is 0 Å². The Morgan fingerprint density at radius 2 is 2.24 bits per heavy atom. The minimum atomic E-state index is -0.374. The molecule has 7 nitrogen and oxygen atoms in total. The molecule has 1 amide bonds. The predicted molar refractivity (Wildman–Crippen MR) is 79.9 cm³/mol. The molecule has 0 aliphatic heterocycles. The Bertz CT molecular complexity index is 735. The topological polar surface area (TPSA) is 108 Å². The lowest BCUT2D eigenvalue weighted by atomic mass is 10.3. The van der Waals surface area contributed by atoms with Gasteiger partial charge in [0.05, 0.1) is 11.4 Å². The lowest BCUT2D eigenvalue weighted by Gasteiger charge is -2.07. The summed E-state index contributed by atoms with van der Waals surface area (Å²) in [5.41, 5.74) is 0.129. The smallest absolute Gasteiger partial charge is 0.273 e. The van der Waals surface area contributed by atoms with Crippen molar-refractivity contribution in [1.29, 1.82) is 0 Å². The zero-order valence-electron chi connectivity index (χ0n) is 10.9. The molecule has 0 spiro atoms. The van der Waals surface area contributed by atoms with Gasteiger partial charge in [-0.05, 0) is 25.1 Å². The monoisotopic (exact) mass is 326 g/mol. The highest BCUT2D eigenvalue weighted by molar-refractivity contribution is 7.99. The molecule has 0 saturated carbocycles. The average Bonchev–Trinajstić information content (AvgIpc) is 2.44. The summed E-state index contributed by atoms with van der Waals surface area (Å²) in [6.45, 7) is 1.54. The van der Waals surface area contributed by atoms with E-state index in [2.05, 4.69) is 20.5 Å². The molecular weight excluding hydrogens is 316 g/mol. The number of halogens is 1. The van der Waals surface area contributed by atoms with Crippen LogP contribution in [0, 0.1) is 6.92 Å². The molecule has 0 aliphatic carbocycles. The van der Waals surface area contributed by atoms with E-state index in [-0.39, 0.29) is 39.5 Å². The van der Waals surface area contributed by atoms with Crippen LogP contribution >= 0.6 is 23.4 Å². The Kier molecular flexibility index (Phi) is 4.81. The fourth-order valence-corrected chi connectivity index (χ4v) is 2.15. The maximum atomic E-state index is 11.8. The maximum absolute atomic E-state index is 11.8. The van der Waals surface area contributed by atoms with Crippen LogP contribution in [0.2, 0.25) is 5.02 Å². The standard InChI is InChI=1S/C12H11ClN4O3S/c1-6-11(20)15-12(17-16-6)21-5-10(19)14-8-4-7(13)2-3-9(8)18/h2-4,18H,5H2,1H3,(H,14,19)(H,15,17,20). The molecule has 0 aliphatic rings. The summed E-state index contributed by atoms with van der Waals surface area (Å²) in [5, 5.41) is 20.2. The lowest BCUT2D eigenvalue weighted by molar-refractivity contribution is -0.113. The number of nitrogens with zero attached hydrogens (tertiary/aromatic N) is 2. The number of anilines is 1. The van der Waals surface area contributed by atoms with E-state index in [1.165, 1.54) is 25.1 Å². The second kappa shape index (κ2) is 6.59. The number of aromatic amines is 1. The van der Waals surface area contributed by atoms with E-state index in [1.807, 2.05) is 0 Å². The number of hydrogen-bond acceptors (Lipinski definition) is 6. The van der Waals surface area contributed by atoms with E-state index < -0.39 is 0 Å². The van der Waals surface area contributed by atoms with Crippen LogP contribution in [0.4, 0.5) is 5.69 Å². The van der Waals surface area contributed by atoms with E-state index in [0.29, 0.717) is 5.02 Å². The van der Waals surface area contributed by atoms with Crippen LogP contribution in [0.5, 0.6) is 5.75 Å². The Labute approximate surface area is 128 Å². The molecule has 3 N–H and O–H groups in total. The number of carbonyl (C=O) groups excluding carboxylic acids is 1. The Morgan fingerprint density at radius 1 is 1.48 bits per heavy atom. The van der Waals surface area contributed by atoms with Gasteiger partial charge in [0.1, 0.15) is 11.4 Å². The van der Waals surface area contributed by atoms with Crippen molar-refractivity contribution in [2.75, 3.05) is 11.1 Å². The van der Waals surface area contributed by atoms with Crippen molar-refractivity contribution in [2.45, 2.75) is 12.1 Å². The molecule has 0 unspecified atom stereocenters. The number of carbonyl (C=O) groups is 1. The number of aryl methyl sites for hydroxylation is 1. The molecule has 9 heteroatoms. The van der Waals surface area contributed by atoms with Crippen LogP contribution in [0.15, 0.2) is 28.2 Å². The predicted octanol–water partition coefficient (Wildman–Crippen LogP) is 1.56. The SMILES string of the molecule is Cc1nnc(SCC(=O)Nc2cc(Cl)ccc2O)[nH]c1=O. The molecule has 0 bridgehead atoms. The normalized spacial score (nSPS) is 10.4. The van der Waals surface area contributed by atoms with Crippen molar-refractivity contribution in [2.24, 2.45) is 0 Å². The number of benzene rings is 1. The van der Waals surface area contributed by atoms with Gasteiger partial charge in [0, 0.05) is 5.02 Å². The summed E-state index contributed by atoms with van der Waals surface area (Å²) >= 11 is 6.80. The highest BCUT2D eigenvalue weighted by Crippen LogP contribution is 2.26. The summed E-state index contributed by atoms with van der Waals surface area (Å²) in [6.07, 6.45) is 0. The molecule has 1 heterocycles. The molecule has 1 aromatic carbocycles. The molecule has 0 fully saturated rings. The first-order chi connectivity index (χ1) is 9.95. The van der Waals surface area contributed by atoms with Gasteiger partial charge >= 0.3 is 0 Å². The van der Waals surface area contributed by atoms with Gasteiger partial charge in [-0.15, -0.1) is 10.2 Å². The zero-order valence-corrected chi connectivity index (χ0v) is 12.5. The molecule has 0 saturated heterocycles. The number of thioether (sulfide) groups is 1. The number of hydrogen-bond donors (Lipinski definition) is 3. The van der Waals surface area contributed by atoms with Crippen LogP contribution in [0.3, 0.4) is 0 Å². The number of aromatic nitrogens is 3. The second-order valence-electron chi connectivity index (χ2n) is 4.04. The molecule has 21 heavy (non-hydrogen) atoms. The number of aromatic hydroxyl groups is 1. The van der Waals surface area contributed by atoms with Crippen molar-refractivity contribution in [3.05, 3.63) is 39.3 Å². The van der Waals surface area contributed by atoms with E-state index in [9.17, 15) is 14.7 Å². The molecule has 0 atom stereocenters. The second-order valence-corrected chi connectivity index (χ2v) is 5.44. The lowest BCUT2D eigenvalue weighted by Crippen LogP contribution is -2.17. The average molecular weight is 327 g/mol. The Hall–Kier alpha value is -2.06. The van der Waals surface area contributed by atoms with Crippen LogP contribution < -0.4 is 10.9 Å². The number of H-pyrrole nitrogens is 1. The quantitative estimate of drug-likeness (QED) is 0.581. The third-order valence-electron chi connectivity index (χ3n) is 2.41. The fourth-order valence-electron chi connectivity index (χ4n) is 1.37. The van der Waals surface area contributed by atoms with E-state index in [1.54, 1.807) is 0 Å². The number of phenolic OH excluding ortho intramolecular Hbond substituents is 1. The van der Waals surface area contributed by atoms with Gasteiger partial charge in [0.2, 0.25) is 5.91 Å². The molecular formula is C12H11ClN4O3S. The highest BCUT2D eigenvalue weighted by Gasteiger charge is 2.09. The van der Waals surface area contributed by atoms with Gasteiger partial charge in [-0.1, -0.05) is 23.4 Å². The summed E-state index contributed by atoms with van der Waals surface area (Å²) in [6, 6.07) is 4.33. The van der Waals surface area contributed by atoms with Crippen LogP contribution in [-0.4, -0.2) is 31.9 Å². The van der Waals surface area contributed by atoms with Gasteiger partial charge in [0.25, 0.3) is 5.56 Å². The largest absolute Gasteiger partial charge is 0.506 e. The van der Waals surface area contributed by atoms with E-state index in [0.717, 1.165) is 11.8 Å². The molecule has 2 rings (SSSR count). The van der Waals surface area contributed by atoms with Crippen molar-refractivity contribution in [1.82, 2.24) is 15.2 Å². The first-order valence-corrected chi connectivity index (χ1v) is 7.17. The molecule has 2 aromatic rings. The number of amides is 1. The van der Waals surface area contributed by atoms with Gasteiger partial charge in [-0.3, -0.25) is 14.6 Å². The summed E-state index contributed by atoms with van der Waals surface area (Å²) in [4.78, 5) is 25.6. The summed E-state index contributed by atoms with van der Waals surface area (Å²) in [5.74, 6) is -0.457.